The van der Waals surface area contributed by atoms with E-state index >= 15 is 0 Å². The largest absolute Gasteiger partial charge is 0.452 e. The van der Waals surface area contributed by atoms with Gasteiger partial charge in [-0.1, -0.05) is 42.5 Å². The number of hydrogen-bond donors (Lipinski definition) is 2. The second kappa shape index (κ2) is 10.7. The van der Waals surface area contributed by atoms with E-state index in [1.165, 1.54) is 24.3 Å². The van der Waals surface area contributed by atoms with Crippen LogP contribution < -0.4 is 10.0 Å². The fourth-order valence-corrected chi connectivity index (χ4v) is 4.33. The molecule has 33 heavy (non-hydrogen) atoms. The minimum atomic E-state index is -3.77. The number of carbonyl (C=O) groups is 2. The Labute approximate surface area is 192 Å². The number of esters is 1. The Hall–Kier alpha value is -3.74. The zero-order valence-electron chi connectivity index (χ0n) is 17.9. The molecule has 0 bridgehead atoms. The molecule has 1 atom stereocenters. The van der Waals surface area contributed by atoms with Crippen molar-refractivity contribution in [2.24, 2.45) is 0 Å². The number of sulfonamides is 1. The van der Waals surface area contributed by atoms with Crippen LogP contribution in [0.25, 0.3) is 10.8 Å². The number of carbonyl (C=O) groups excluding carboxylic acids is 2. The Kier molecular flexibility index (Phi) is 7.77. The molecule has 1 amide bonds. The molecule has 3 rings (SSSR count). The van der Waals surface area contributed by atoms with Crippen molar-refractivity contribution >= 4 is 32.7 Å². The van der Waals surface area contributed by atoms with E-state index in [0.717, 1.165) is 16.3 Å². The quantitative estimate of drug-likeness (QED) is 0.370. The highest BCUT2D eigenvalue weighted by Crippen LogP contribution is 2.24. The van der Waals surface area contributed by atoms with Crippen LogP contribution in [0.15, 0.2) is 71.6 Å². The number of fused-ring (bicyclic) bond motifs is 1. The smallest absolute Gasteiger partial charge is 0.338 e. The lowest BCUT2D eigenvalue weighted by molar-refractivity contribution is -0.124. The van der Waals surface area contributed by atoms with Gasteiger partial charge in [0.15, 0.2) is 6.61 Å². The zero-order valence-corrected chi connectivity index (χ0v) is 18.8. The monoisotopic (exact) mass is 465 g/mol. The maximum atomic E-state index is 12.3. The van der Waals surface area contributed by atoms with Gasteiger partial charge in [0, 0.05) is 13.0 Å². The summed E-state index contributed by atoms with van der Waals surface area (Å²) in [7, 11) is -3.77. The van der Waals surface area contributed by atoms with Crippen molar-refractivity contribution in [1.82, 2.24) is 10.0 Å². The van der Waals surface area contributed by atoms with Crippen LogP contribution >= 0.6 is 0 Å². The van der Waals surface area contributed by atoms with E-state index in [9.17, 15) is 18.0 Å². The number of amides is 1. The molecule has 3 aromatic carbocycles. The van der Waals surface area contributed by atoms with Gasteiger partial charge in [0.2, 0.25) is 10.0 Å². The van der Waals surface area contributed by atoms with Crippen LogP contribution in [0.2, 0.25) is 0 Å². The van der Waals surface area contributed by atoms with E-state index in [1.54, 1.807) is 0 Å². The predicted molar refractivity (Wildman–Crippen MR) is 123 cm³/mol. The van der Waals surface area contributed by atoms with Crippen molar-refractivity contribution < 1.29 is 22.7 Å². The number of benzene rings is 3. The number of ether oxygens (including phenoxy) is 1. The summed E-state index contributed by atoms with van der Waals surface area (Å²) in [5, 5.41) is 13.4. The third kappa shape index (κ3) is 6.16. The van der Waals surface area contributed by atoms with E-state index in [1.807, 2.05) is 55.5 Å². The summed E-state index contributed by atoms with van der Waals surface area (Å²) < 4.78 is 31.6. The molecule has 0 aliphatic heterocycles. The van der Waals surface area contributed by atoms with Crippen molar-refractivity contribution in [3.63, 3.8) is 0 Å². The average Bonchev–Trinajstić information content (AvgIpc) is 2.82. The maximum absolute atomic E-state index is 12.3. The molecular formula is C24H23N3O5S. The van der Waals surface area contributed by atoms with Crippen LogP contribution in [-0.4, -0.2) is 33.4 Å². The SMILES string of the molecule is CC(NC(=O)COC(=O)c1ccc(S(=O)(=O)NCCC#N)cc1)c1cccc2ccccc12. The Balaban J connectivity index is 1.56. The van der Waals surface area contributed by atoms with Gasteiger partial charge in [0.1, 0.15) is 0 Å². The molecular weight excluding hydrogens is 442 g/mol. The fraction of sp³-hybridized carbons (Fsp3) is 0.208. The van der Waals surface area contributed by atoms with E-state index in [4.69, 9.17) is 10.00 Å². The van der Waals surface area contributed by atoms with Crippen LogP contribution in [0.4, 0.5) is 0 Å². The first-order valence-electron chi connectivity index (χ1n) is 10.2. The van der Waals surface area contributed by atoms with Gasteiger partial charge in [-0.25, -0.2) is 17.9 Å². The molecule has 0 aliphatic carbocycles. The van der Waals surface area contributed by atoms with Gasteiger partial charge in [0.05, 0.1) is 22.6 Å². The Morgan fingerprint density at radius 1 is 1.03 bits per heavy atom. The van der Waals surface area contributed by atoms with E-state index < -0.39 is 28.5 Å². The molecule has 0 spiro atoms. The van der Waals surface area contributed by atoms with E-state index in [2.05, 4.69) is 10.0 Å². The lowest BCUT2D eigenvalue weighted by Gasteiger charge is -2.16. The molecule has 0 radical (unpaired) electrons. The average molecular weight is 466 g/mol. The third-order valence-electron chi connectivity index (χ3n) is 4.93. The second-order valence-corrected chi connectivity index (χ2v) is 9.03. The van der Waals surface area contributed by atoms with E-state index in [-0.39, 0.29) is 29.5 Å². The molecule has 0 aromatic heterocycles. The first kappa shape index (κ1) is 23.9. The summed E-state index contributed by atoms with van der Waals surface area (Å²) in [6.45, 7) is 1.38. The van der Waals surface area contributed by atoms with Gasteiger partial charge >= 0.3 is 5.97 Å². The summed E-state index contributed by atoms with van der Waals surface area (Å²) in [5.41, 5.74) is 1.06. The van der Waals surface area contributed by atoms with Gasteiger partial charge in [-0.3, -0.25) is 4.79 Å². The molecule has 8 nitrogen and oxygen atoms in total. The first-order chi connectivity index (χ1) is 15.8. The number of hydrogen-bond acceptors (Lipinski definition) is 6. The Morgan fingerprint density at radius 2 is 1.73 bits per heavy atom. The Bertz CT molecular complexity index is 1290. The molecule has 0 aliphatic rings. The number of nitrogens with one attached hydrogen (secondary N) is 2. The highest BCUT2D eigenvalue weighted by molar-refractivity contribution is 7.89. The molecule has 2 N–H and O–H groups in total. The lowest BCUT2D eigenvalue weighted by atomic mass is 10.00. The van der Waals surface area contributed by atoms with Gasteiger partial charge in [-0.05, 0) is 47.5 Å². The number of nitriles is 1. The fourth-order valence-electron chi connectivity index (χ4n) is 3.30. The topological polar surface area (TPSA) is 125 Å². The normalized spacial score (nSPS) is 12.0. The maximum Gasteiger partial charge on any atom is 0.338 e. The summed E-state index contributed by atoms with van der Waals surface area (Å²) >= 11 is 0. The predicted octanol–water partition coefficient (Wildman–Crippen LogP) is 3.07. The van der Waals surface area contributed by atoms with Crippen LogP contribution in [0, 0.1) is 11.3 Å². The number of nitrogens with zero attached hydrogens (tertiary/aromatic N) is 1. The van der Waals surface area contributed by atoms with Crippen molar-refractivity contribution in [2.45, 2.75) is 24.3 Å². The van der Waals surface area contributed by atoms with Gasteiger partial charge in [0.25, 0.3) is 5.91 Å². The zero-order chi connectivity index (χ0) is 23.8. The first-order valence-corrected chi connectivity index (χ1v) is 11.7. The molecule has 170 valence electrons. The second-order valence-electron chi connectivity index (χ2n) is 7.26. The molecule has 0 saturated carbocycles. The lowest BCUT2D eigenvalue weighted by Crippen LogP contribution is -2.31. The van der Waals surface area contributed by atoms with Crippen molar-refractivity contribution in [3.8, 4) is 6.07 Å². The molecule has 1 unspecified atom stereocenters. The highest BCUT2D eigenvalue weighted by Gasteiger charge is 2.17. The third-order valence-corrected chi connectivity index (χ3v) is 6.41. The minimum Gasteiger partial charge on any atom is -0.452 e. The standard InChI is InChI=1S/C24H23N3O5S/c1-17(21-9-4-7-18-6-2-3-8-22(18)21)27-23(28)16-32-24(29)19-10-12-20(13-11-19)33(30,31)26-15-5-14-25/h2-4,6-13,17,26H,5,15-16H2,1H3,(H,27,28). The van der Waals surface area contributed by atoms with Crippen molar-refractivity contribution in [3.05, 3.63) is 77.9 Å². The van der Waals surface area contributed by atoms with E-state index in [0.29, 0.717) is 0 Å². The molecule has 0 saturated heterocycles. The summed E-state index contributed by atoms with van der Waals surface area (Å²) in [4.78, 5) is 24.5. The number of rotatable bonds is 9. The summed E-state index contributed by atoms with van der Waals surface area (Å²) in [6, 6.07) is 20.4. The van der Waals surface area contributed by atoms with Crippen molar-refractivity contribution in [2.75, 3.05) is 13.2 Å². The highest BCUT2D eigenvalue weighted by atomic mass is 32.2. The Morgan fingerprint density at radius 3 is 2.45 bits per heavy atom. The molecule has 3 aromatic rings. The van der Waals surface area contributed by atoms with Crippen molar-refractivity contribution in [1.29, 1.82) is 5.26 Å². The minimum absolute atomic E-state index is 0.00502. The molecule has 0 fully saturated rings. The van der Waals surface area contributed by atoms with Gasteiger partial charge in [-0.2, -0.15) is 5.26 Å². The summed E-state index contributed by atoms with van der Waals surface area (Å²) in [6.07, 6.45) is 0.0464. The summed E-state index contributed by atoms with van der Waals surface area (Å²) in [5.74, 6) is -1.20. The van der Waals surface area contributed by atoms with Crippen LogP contribution in [0.1, 0.15) is 35.3 Å². The van der Waals surface area contributed by atoms with Gasteiger partial charge < -0.3 is 10.1 Å². The molecule has 0 heterocycles. The van der Waals surface area contributed by atoms with Crippen LogP contribution in [-0.2, 0) is 19.6 Å². The van der Waals surface area contributed by atoms with Crippen LogP contribution in [0.3, 0.4) is 0 Å². The molecule has 9 heteroatoms. The van der Waals surface area contributed by atoms with Crippen LogP contribution in [0.5, 0.6) is 0 Å². The van der Waals surface area contributed by atoms with Gasteiger partial charge in [-0.15, -0.1) is 0 Å².